The minimum absolute atomic E-state index is 0.134. The van der Waals surface area contributed by atoms with Gasteiger partial charge in [0.1, 0.15) is 0 Å². The Hall–Kier alpha value is -1.06. The van der Waals surface area contributed by atoms with E-state index in [1.54, 1.807) is 11.9 Å². The molecule has 0 aliphatic carbocycles. The maximum Gasteiger partial charge on any atom is 0.303 e. The third kappa shape index (κ3) is 10.1. The zero-order valence-corrected chi connectivity index (χ0v) is 11.8. The Morgan fingerprint density at radius 1 is 0.944 bits per heavy atom. The van der Waals surface area contributed by atoms with E-state index in [1.807, 2.05) is 0 Å². The van der Waals surface area contributed by atoms with Crippen LogP contribution in [0.4, 0.5) is 0 Å². The van der Waals surface area contributed by atoms with E-state index in [-0.39, 0.29) is 12.3 Å². The number of carboxylic acid groups (broad SMARTS) is 1. The van der Waals surface area contributed by atoms with Crippen molar-refractivity contribution in [2.24, 2.45) is 0 Å². The highest BCUT2D eigenvalue weighted by Crippen LogP contribution is 2.08. The number of hydrogen-bond donors (Lipinski definition) is 1. The molecule has 0 aromatic rings. The molecule has 0 aliphatic heterocycles. The molecule has 106 valence electrons. The zero-order chi connectivity index (χ0) is 13.8. The lowest BCUT2D eigenvalue weighted by atomic mass is 10.1. The molecule has 0 radical (unpaired) electrons. The van der Waals surface area contributed by atoms with Crippen LogP contribution in [0.2, 0.25) is 0 Å². The average molecular weight is 257 g/mol. The molecule has 1 N–H and O–H groups in total. The number of aliphatic carboxylic acids is 1. The lowest BCUT2D eigenvalue weighted by molar-refractivity contribution is -0.138. The maximum atomic E-state index is 11.7. The number of carboxylic acids is 1. The van der Waals surface area contributed by atoms with Gasteiger partial charge in [-0.15, -0.1) is 0 Å². The van der Waals surface area contributed by atoms with Crippen LogP contribution in [0.3, 0.4) is 0 Å². The van der Waals surface area contributed by atoms with Crippen molar-refractivity contribution in [1.29, 1.82) is 0 Å². The molecule has 18 heavy (non-hydrogen) atoms. The molecule has 0 rings (SSSR count). The van der Waals surface area contributed by atoms with E-state index in [2.05, 4.69) is 6.92 Å². The van der Waals surface area contributed by atoms with E-state index in [0.717, 1.165) is 12.8 Å². The number of carbonyl (C=O) groups is 2. The summed E-state index contributed by atoms with van der Waals surface area (Å²) in [4.78, 5) is 23.7. The van der Waals surface area contributed by atoms with Gasteiger partial charge in [0.15, 0.2) is 0 Å². The monoisotopic (exact) mass is 257 g/mol. The van der Waals surface area contributed by atoms with Crippen molar-refractivity contribution in [3.63, 3.8) is 0 Å². The van der Waals surface area contributed by atoms with Crippen molar-refractivity contribution in [2.75, 3.05) is 13.6 Å². The van der Waals surface area contributed by atoms with E-state index in [9.17, 15) is 9.59 Å². The lowest BCUT2D eigenvalue weighted by Gasteiger charge is -2.16. The Balaban J connectivity index is 3.47. The first-order chi connectivity index (χ1) is 8.57. The fourth-order valence-electron chi connectivity index (χ4n) is 1.84. The Labute approximate surface area is 110 Å². The van der Waals surface area contributed by atoms with E-state index in [1.165, 1.54) is 25.7 Å². The molecule has 0 aliphatic rings. The topological polar surface area (TPSA) is 57.6 Å². The molecule has 0 saturated carbocycles. The molecule has 0 aromatic carbocycles. The fraction of sp³-hybridized carbons (Fsp3) is 0.857. The van der Waals surface area contributed by atoms with Crippen LogP contribution in [0.25, 0.3) is 0 Å². The predicted octanol–water partition coefficient (Wildman–Crippen LogP) is 3.06. The normalized spacial score (nSPS) is 10.3. The van der Waals surface area contributed by atoms with Gasteiger partial charge in [0.2, 0.25) is 5.91 Å². The molecule has 0 fully saturated rings. The number of hydrogen-bond acceptors (Lipinski definition) is 2. The van der Waals surface area contributed by atoms with Crippen LogP contribution >= 0.6 is 0 Å². The number of rotatable bonds is 11. The van der Waals surface area contributed by atoms with Crippen molar-refractivity contribution in [2.45, 2.75) is 64.7 Å². The van der Waals surface area contributed by atoms with Crippen molar-refractivity contribution >= 4 is 11.9 Å². The number of amides is 1. The van der Waals surface area contributed by atoms with Gasteiger partial charge in [0, 0.05) is 26.4 Å². The molecule has 1 amide bonds. The molecule has 0 bridgehead atoms. The highest BCUT2D eigenvalue weighted by atomic mass is 16.4. The van der Waals surface area contributed by atoms with Crippen LogP contribution < -0.4 is 0 Å². The third-order valence-electron chi connectivity index (χ3n) is 3.05. The molecule has 0 heterocycles. The Bertz CT molecular complexity index is 241. The molecule has 4 heteroatoms. The second-order valence-electron chi connectivity index (χ2n) is 4.83. The molecule has 0 aromatic heterocycles. The van der Waals surface area contributed by atoms with Gasteiger partial charge in [-0.2, -0.15) is 0 Å². The molecular formula is C14H27NO3. The van der Waals surface area contributed by atoms with E-state index >= 15 is 0 Å². The zero-order valence-electron chi connectivity index (χ0n) is 11.8. The third-order valence-corrected chi connectivity index (χ3v) is 3.05. The number of nitrogens with zero attached hydrogens (tertiary/aromatic N) is 1. The maximum absolute atomic E-state index is 11.7. The minimum Gasteiger partial charge on any atom is -0.481 e. The van der Waals surface area contributed by atoms with E-state index in [0.29, 0.717) is 19.4 Å². The first-order valence-corrected chi connectivity index (χ1v) is 7.03. The van der Waals surface area contributed by atoms with Gasteiger partial charge in [-0.3, -0.25) is 9.59 Å². The van der Waals surface area contributed by atoms with Gasteiger partial charge in [-0.25, -0.2) is 0 Å². The number of unbranched alkanes of at least 4 members (excludes halogenated alkanes) is 5. The predicted molar refractivity (Wildman–Crippen MR) is 72.5 cm³/mol. The standard InChI is InChI=1S/C14H27NO3/c1-3-4-5-6-7-8-10-13(16)15(2)12-9-11-14(17)18/h3-12H2,1-2H3,(H,17,18). The second kappa shape index (κ2) is 11.1. The molecule has 0 unspecified atom stereocenters. The molecule has 0 saturated heterocycles. The van der Waals surface area contributed by atoms with Crippen molar-refractivity contribution in [3.05, 3.63) is 0 Å². The summed E-state index contributed by atoms with van der Waals surface area (Å²) in [7, 11) is 1.75. The Kier molecular flexibility index (Phi) is 10.4. The number of carbonyl (C=O) groups excluding carboxylic acids is 1. The van der Waals surface area contributed by atoms with Crippen LogP contribution in [0.15, 0.2) is 0 Å². The summed E-state index contributed by atoms with van der Waals surface area (Å²) < 4.78 is 0. The van der Waals surface area contributed by atoms with Crippen LogP contribution in [-0.4, -0.2) is 35.5 Å². The summed E-state index contributed by atoms with van der Waals surface area (Å²) in [6.45, 7) is 2.73. The smallest absolute Gasteiger partial charge is 0.303 e. The summed E-state index contributed by atoms with van der Waals surface area (Å²) in [6, 6.07) is 0. The summed E-state index contributed by atoms with van der Waals surface area (Å²) in [5, 5.41) is 8.51. The van der Waals surface area contributed by atoms with E-state index in [4.69, 9.17) is 5.11 Å². The van der Waals surface area contributed by atoms with Crippen molar-refractivity contribution in [1.82, 2.24) is 4.90 Å². The summed E-state index contributed by atoms with van der Waals surface area (Å²) in [6.07, 6.45) is 8.33. The van der Waals surface area contributed by atoms with Gasteiger partial charge < -0.3 is 10.0 Å². The quantitative estimate of drug-likeness (QED) is 0.579. The van der Waals surface area contributed by atoms with Crippen LogP contribution in [0.5, 0.6) is 0 Å². The molecular weight excluding hydrogens is 230 g/mol. The highest BCUT2D eigenvalue weighted by Gasteiger charge is 2.08. The average Bonchev–Trinajstić information content (AvgIpc) is 2.32. The Morgan fingerprint density at radius 3 is 2.17 bits per heavy atom. The van der Waals surface area contributed by atoms with Gasteiger partial charge in [-0.1, -0.05) is 39.0 Å². The van der Waals surface area contributed by atoms with Crippen LogP contribution in [0, 0.1) is 0 Å². The van der Waals surface area contributed by atoms with Crippen LogP contribution in [-0.2, 0) is 9.59 Å². The minimum atomic E-state index is -0.799. The fourth-order valence-corrected chi connectivity index (χ4v) is 1.84. The van der Waals surface area contributed by atoms with E-state index < -0.39 is 5.97 Å². The van der Waals surface area contributed by atoms with Gasteiger partial charge in [0.25, 0.3) is 0 Å². The summed E-state index contributed by atoms with van der Waals surface area (Å²) >= 11 is 0. The van der Waals surface area contributed by atoms with Crippen molar-refractivity contribution < 1.29 is 14.7 Å². The SMILES string of the molecule is CCCCCCCCC(=O)N(C)CCCC(=O)O. The molecule has 0 atom stereocenters. The molecule has 4 nitrogen and oxygen atoms in total. The highest BCUT2D eigenvalue weighted by molar-refractivity contribution is 5.75. The van der Waals surface area contributed by atoms with Crippen LogP contribution in [0.1, 0.15) is 64.7 Å². The lowest BCUT2D eigenvalue weighted by Crippen LogP contribution is -2.27. The van der Waals surface area contributed by atoms with Crippen molar-refractivity contribution in [3.8, 4) is 0 Å². The first kappa shape index (κ1) is 16.9. The van der Waals surface area contributed by atoms with Gasteiger partial charge >= 0.3 is 5.97 Å². The summed E-state index contributed by atoms with van der Waals surface area (Å²) in [5.74, 6) is -0.664. The first-order valence-electron chi connectivity index (χ1n) is 7.03. The van der Waals surface area contributed by atoms with Gasteiger partial charge in [-0.05, 0) is 12.8 Å². The molecule has 0 spiro atoms. The second-order valence-corrected chi connectivity index (χ2v) is 4.83. The largest absolute Gasteiger partial charge is 0.481 e. The summed E-state index contributed by atoms with van der Waals surface area (Å²) in [5.41, 5.74) is 0. The van der Waals surface area contributed by atoms with Gasteiger partial charge in [0.05, 0.1) is 0 Å². The Morgan fingerprint density at radius 2 is 1.56 bits per heavy atom.